The SMILES string of the molecule is Cc1cc(Nc2cc(Cl)nc(Sc3ccc(CC(=O)c4ccccc4Cl)cc3)n2)n[nH]1. The van der Waals surface area contributed by atoms with Crippen molar-refractivity contribution in [3.8, 4) is 0 Å². The van der Waals surface area contributed by atoms with E-state index < -0.39 is 0 Å². The van der Waals surface area contributed by atoms with Gasteiger partial charge < -0.3 is 5.32 Å². The molecule has 0 spiro atoms. The van der Waals surface area contributed by atoms with Crippen LogP contribution in [0, 0.1) is 6.92 Å². The van der Waals surface area contributed by atoms with Crippen molar-refractivity contribution in [3.63, 3.8) is 0 Å². The van der Waals surface area contributed by atoms with E-state index in [0.717, 1.165) is 16.2 Å². The van der Waals surface area contributed by atoms with Gasteiger partial charge in [-0.25, -0.2) is 9.97 Å². The number of nitrogens with one attached hydrogen (secondary N) is 2. The van der Waals surface area contributed by atoms with Crippen LogP contribution in [0.4, 0.5) is 11.6 Å². The number of anilines is 2. The Hall–Kier alpha value is -2.87. The molecule has 0 aliphatic carbocycles. The molecule has 4 aromatic rings. The van der Waals surface area contributed by atoms with Crippen LogP contribution in [-0.4, -0.2) is 25.9 Å². The minimum absolute atomic E-state index is 0.0199. The zero-order chi connectivity index (χ0) is 21.8. The van der Waals surface area contributed by atoms with E-state index in [1.165, 1.54) is 11.8 Å². The van der Waals surface area contributed by atoms with Gasteiger partial charge in [0.15, 0.2) is 16.8 Å². The van der Waals surface area contributed by atoms with Crippen molar-refractivity contribution in [2.45, 2.75) is 23.4 Å². The van der Waals surface area contributed by atoms with Gasteiger partial charge in [-0.2, -0.15) is 5.10 Å². The number of hydrogen-bond donors (Lipinski definition) is 2. The molecule has 0 saturated carbocycles. The number of H-pyrrole nitrogens is 1. The normalized spacial score (nSPS) is 10.8. The third-order valence-corrected chi connectivity index (χ3v) is 5.70. The van der Waals surface area contributed by atoms with Crippen LogP contribution in [0.25, 0.3) is 0 Å². The zero-order valence-corrected chi connectivity index (χ0v) is 18.7. The van der Waals surface area contributed by atoms with Gasteiger partial charge in [0, 0.05) is 34.7 Å². The first kappa shape index (κ1) is 21.4. The van der Waals surface area contributed by atoms with E-state index in [2.05, 4.69) is 25.5 Å². The summed E-state index contributed by atoms with van der Waals surface area (Å²) in [7, 11) is 0. The van der Waals surface area contributed by atoms with Crippen molar-refractivity contribution >= 4 is 52.4 Å². The van der Waals surface area contributed by atoms with Crippen LogP contribution in [-0.2, 0) is 6.42 Å². The molecular formula is C22H17Cl2N5OS. The van der Waals surface area contributed by atoms with E-state index in [1.807, 2.05) is 37.3 Å². The number of aromatic nitrogens is 4. The zero-order valence-electron chi connectivity index (χ0n) is 16.4. The maximum atomic E-state index is 12.5. The molecule has 0 radical (unpaired) electrons. The van der Waals surface area contributed by atoms with E-state index in [1.54, 1.807) is 30.3 Å². The number of nitrogens with zero attached hydrogens (tertiary/aromatic N) is 3. The Morgan fingerprint density at radius 1 is 1.03 bits per heavy atom. The molecule has 2 heterocycles. The van der Waals surface area contributed by atoms with Crippen molar-refractivity contribution in [1.29, 1.82) is 0 Å². The maximum Gasteiger partial charge on any atom is 0.195 e. The topological polar surface area (TPSA) is 83.6 Å². The van der Waals surface area contributed by atoms with Gasteiger partial charge in [-0.3, -0.25) is 9.89 Å². The fourth-order valence-electron chi connectivity index (χ4n) is 2.87. The van der Waals surface area contributed by atoms with Crippen molar-refractivity contribution in [3.05, 3.63) is 87.7 Å². The third-order valence-electron chi connectivity index (χ3n) is 4.31. The van der Waals surface area contributed by atoms with Crippen molar-refractivity contribution in [2.75, 3.05) is 5.32 Å². The number of carbonyl (C=O) groups is 1. The number of hydrogen-bond acceptors (Lipinski definition) is 6. The number of halogens is 2. The van der Waals surface area contributed by atoms with Crippen LogP contribution in [0.5, 0.6) is 0 Å². The van der Waals surface area contributed by atoms with Crippen molar-refractivity contribution in [1.82, 2.24) is 20.2 Å². The van der Waals surface area contributed by atoms with Gasteiger partial charge in [-0.05, 0) is 48.5 Å². The second-order valence-corrected chi connectivity index (χ2v) is 8.58. The average molecular weight is 470 g/mol. The highest BCUT2D eigenvalue weighted by Gasteiger charge is 2.11. The fraction of sp³-hybridized carbons (Fsp3) is 0.0909. The lowest BCUT2D eigenvalue weighted by molar-refractivity contribution is 0.0993. The quantitative estimate of drug-likeness (QED) is 0.192. The summed E-state index contributed by atoms with van der Waals surface area (Å²) in [6, 6.07) is 18.2. The molecule has 156 valence electrons. The lowest BCUT2D eigenvalue weighted by Crippen LogP contribution is -2.04. The molecule has 0 aliphatic rings. The lowest BCUT2D eigenvalue weighted by atomic mass is 10.0. The summed E-state index contributed by atoms with van der Waals surface area (Å²) in [6.07, 6.45) is 0.277. The van der Waals surface area contributed by atoms with Crippen LogP contribution >= 0.6 is 35.0 Å². The molecule has 6 nitrogen and oxygen atoms in total. The Kier molecular flexibility index (Phi) is 6.56. The number of aryl methyl sites for hydroxylation is 1. The minimum atomic E-state index is -0.0199. The van der Waals surface area contributed by atoms with Gasteiger partial charge in [-0.1, -0.05) is 47.5 Å². The first-order chi connectivity index (χ1) is 15.0. The predicted octanol–water partition coefficient (Wildman–Crippen LogP) is 6.14. The summed E-state index contributed by atoms with van der Waals surface area (Å²) in [4.78, 5) is 22.2. The molecule has 2 N–H and O–H groups in total. The summed E-state index contributed by atoms with van der Waals surface area (Å²) in [5, 5.41) is 11.4. The van der Waals surface area contributed by atoms with Crippen LogP contribution in [0.2, 0.25) is 10.2 Å². The largest absolute Gasteiger partial charge is 0.323 e. The van der Waals surface area contributed by atoms with Crippen LogP contribution in [0.1, 0.15) is 21.6 Å². The number of rotatable bonds is 7. The van der Waals surface area contributed by atoms with Crippen LogP contribution in [0.15, 0.2) is 70.7 Å². The molecule has 2 aromatic carbocycles. The number of benzene rings is 2. The molecular weight excluding hydrogens is 453 g/mol. The van der Waals surface area contributed by atoms with E-state index in [4.69, 9.17) is 23.2 Å². The Balaban J connectivity index is 1.44. The first-order valence-corrected chi connectivity index (χ1v) is 10.9. The Labute approximate surface area is 193 Å². The molecule has 0 aliphatic heterocycles. The Morgan fingerprint density at radius 2 is 1.81 bits per heavy atom. The van der Waals surface area contributed by atoms with Gasteiger partial charge in [0.05, 0.1) is 5.02 Å². The molecule has 0 bridgehead atoms. The van der Waals surface area contributed by atoms with E-state index in [9.17, 15) is 4.79 Å². The minimum Gasteiger partial charge on any atom is -0.323 e. The average Bonchev–Trinajstić information content (AvgIpc) is 3.14. The number of carbonyl (C=O) groups excluding carboxylic acids is 1. The number of ketones is 1. The highest BCUT2D eigenvalue weighted by atomic mass is 35.5. The smallest absolute Gasteiger partial charge is 0.195 e. The molecule has 0 amide bonds. The predicted molar refractivity (Wildman–Crippen MR) is 124 cm³/mol. The lowest BCUT2D eigenvalue weighted by Gasteiger charge is -2.07. The molecule has 0 atom stereocenters. The monoisotopic (exact) mass is 469 g/mol. The van der Waals surface area contributed by atoms with E-state index in [-0.39, 0.29) is 12.2 Å². The Morgan fingerprint density at radius 3 is 2.52 bits per heavy atom. The van der Waals surface area contributed by atoms with Gasteiger partial charge in [0.2, 0.25) is 0 Å². The van der Waals surface area contributed by atoms with E-state index in [0.29, 0.717) is 32.5 Å². The summed E-state index contributed by atoms with van der Waals surface area (Å²) in [5.74, 6) is 1.18. The number of aromatic amines is 1. The third kappa shape index (κ3) is 5.64. The van der Waals surface area contributed by atoms with Crippen LogP contribution < -0.4 is 5.32 Å². The molecule has 0 fully saturated rings. The summed E-state index contributed by atoms with van der Waals surface area (Å²) < 4.78 is 0. The standard InChI is InChI=1S/C22H17Cl2N5OS/c1-13-10-21(29-28-13)26-20-12-19(24)25-22(27-20)31-15-8-6-14(7-9-15)11-18(30)16-4-2-3-5-17(16)23/h2-10,12H,11H2,1H3,(H2,25,26,27,28,29). The molecule has 9 heteroatoms. The van der Waals surface area contributed by atoms with Crippen molar-refractivity contribution < 1.29 is 4.79 Å². The van der Waals surface area contributed by atoms with Gasteiger partial charge in [-0.15, -0.1) is 0 Å². The van der Waals surface area contributed by atoms with Gasteiger partial charge in [0.25, 0.3) is 0 Å². The highest BCUT2D eigenvalue weighted by Crippen LogP contribution is 2.28. The van der Waals surface area contributed by atoms with Gasteiger partial charge >= 0.3 is 0 Å². The fourth-order valence-corrected chi connectivity index (χ4v) is 4.11. The maximum absolute atomic E-state index is 12.5. The second kappa shape index (κ2) is 9.51. The van der Waals surface area contributed by atoms with Crippen molar-refractivity contribution in [2.24, 2.45) is 0 Å². The molecule has 2 aromatic heterocycles. The number of Topliss-reactive ketones (excluding diaryl/α,β-unsaturated/α-hetero) is 1. The first-order valence-electron chi connectivity index (χ1n) is 9.34. The Bertz CT molecular complexity index is 1230. The van der Waals surface area contributed by atoms with E-state index >= 15 is 0 Å². The summed E-state index contributed by atoms with van der Waals surface area (Å²) in [6.45, 7) is 1.91. The molecule has 0 unspecified atom stereocenters. The van der Waals surface area contributed by atoms with Crippen LogP contribution in [0.3, 0.4) is 0 Å². The summed E-state index contributed by atoms with van der Waals surface area (Å²) >= 11 is 13.7. The second-order valence-electron chi connectivity index (χ2n) is 6.75. The molecule has 4 rings (SSSR count). The molecule has 0 saturated heterocycles. The molecule has 31 heavy (non-hydrogen) atoms. The highest BCUT2D eigenvalue weighted by molar-refractivity contribution is 7.99. The van der Waals surface area contributed by atoms with Gasteiger partial charge in [0.1, 0.15) is 11.0 Å². The summed E-state index contributed by atoms with van der Waals surface area (Å²) in [5.41, 5.74) is 2.37.